The number of nitrogens with one attached hydrogen (secondary N) is 1. The van der Waals surface area contributed by atoms with Gasteiger partial charge >= 0.3 is 0 Å². The van der Waals surface area contributed by atoms with Crippen LogP contribution in [0.5, 0.6) is 0 Å². The largest absolute Gasteiger partial charge is 0.461 e. The molecule has 1 aromatic carbocycles. The maximum atomic E-state index is 12.2. The van der Waals surface area contributed by atoms with Crippen molar-refractivity contribution in [3.05, 3.63) is 52.2 Å². The van der Waals surface area contributed by atoms with Gasteiger partial charge in [-0.05, 0) is 36.8 Å². The third-order valence-corrected chi connectivity index (χ3v) is 5.49. The molecule has 26 heavy (non-hydrogen) atoms. The number of furan rings is 1. The summed E-state index contributed by atoms with van der Waals surface area (Å²) in [7, 11) is 1.83. The number of carbonyl (C=O) groups excluding carboxylic acids is 1. The van der Waals surface area contributed by atoms with E-state index in [-0.39, 0.29) is 17.7 Å². The first-order valence-electron chi connectivity index (χ1n) is 7.76. The van der Waals surface area contributed by atoms with Crippen LogP contribution >= 0.6 is 35.0 Å². The Morgan fingerprint density at radius 2 is 2.12 bits per heavy atom. The summed E-state index contributed by atoms with van der Waals surface area (Å²) in [6, 6.07) is 8.71. The molecule has 3 rings (SSSR count). The van der Waals surface area contributed by atoms with Crippen molar-refractivity contribution in [3.8, 4) is 11.6 Å². The van der Waals surface area contributed by atoms with Gasteiger partial charge in [-0.25, -0.2) is 0 Å². The highest BCUT2D eigenvalue weighted by atomic mass is 35.5. The fraction of sp³-hybridized carbons (Fsp3) is 0.235. The number of benzene rings is 1. The van der Waals surface area contributed by atoms with Crippen LogP contribution in [0.2, 0.25) is 10.0 Å². The molecule has 136 valence electrons. The molecule has 9 heteroatoms. The molecule has 0 radical (unpaired) electrons. The zero-order valence-corrected chi connectivity index (χ0v) is 16.4. The van der Waals surface area contributed by atoms with Crippen LogP contribution in [0, 0.1) is 0 Å². The molecule has 0 fully saturated rings. The number of hydrogen-bond acceptors (Lipinski definition) is 5. The molecular weight excluding hydrogens is 395 g/mol. The van der Waals surface area contributed by atoms with Crippen LogP contribution in [-0.2, 0) is 11.8 Å². The van der Waals surface area contributed by atoms with Gasteiger partial charge in [0.25, 0.3) is 0 Å². The summed E-state index contributed by atoms with van der Waals surface area (Å²) < 4.78 is 7.12. The van der Waals surface area contributed by atoms with Crippen molar-refractivity contribution >= 4 is 40.9 Å². The van der Waals surface area contributed by atoms with E-state index in [9.17, 15) is 4.79 Å². The van der Waals surface area contributed by atoms with Crippen LogP contribution in [0.15, 0.2) is 46.2 Å². The molecule has 0 spiro atoms. The van der Waals surface area contributed by atoms with E-state index in [1.54, 1.807) is 29.0 Å². The van der Waals surface area contributed by atoms with Crippen molar-refractivity contribution in [2.24, 2.45) is 7.05 Å². The van der Waals surface area contributed by atoms with Crippen LogP contribution < -0.4 is 5.32 Å². The first kappa shape index (κ1) is 18.8. The molecule has 0 unspecified atom stereocenters. The minimum absolute atomic E-state index is 0.115. The Hall–Kier alpha value is -1.96. The van der Waals surface area contributed by atoms with Gasteiger partial charge in [-0.15, -0.1) is 10.2 Å². The fourth-order valence-electron chi connectivity index (χ4n) is 2.34. The summed E-state index contributed by atoms with van der Waals surface area (Å²) in [6.45, 7) is 1.89. The lowest BCUT2D eigenvalue weighted by atomic mass is 10.1. The van der Waals surface area contributed by atoms with E-state index in [1.807, 2.05) is 26.1 Å². The van der Waals surface area contributed by atoms with E-state index in [0.29, 0.717) is 26.8 Å². The molecule has 0 saturated heterocycles. The van der Waals surface area contributed by atoms with Gasteiger partial charge in [0, 0.05) is 7.05 Å². The van der Waals surface area contributed by atoms with E-state index in [1.165, 1.54) is 11.8 Å². The van der Waals surface area contributed by atoms with Crippen molar-refractivity contribution in [2.45, 2.75) is 18.1 Å². The molecule has 0 bridgehead atoms. The summed E-state index contributed by atoms with van der Waals surface area (Å²) in [4.78, 5) is 12.2. The molecule has 6 nitrogen and oxygen atoms in total. The Morgan fingerprint density at radius 3 is 2.81 bits per heavy atom. The van der Waals surface area contributed by atoms with Crippen molar-refractivity contribution in [3.63, 3.8) is 0 Å². The minimum atomic E-state index is -0.184. The molecule has 1 N–H and O–H groups in total. The summed E-state index contributed by atoms with van der Waals surface area (Å²) in [5, 5.41) is 12.7. The average Bonchev–Trinajstić information content (AvgIpc) is 3.25. The van der Waals surface area contributed by atoms with E-state index in [4.69, 9.17) is 27.6 Å². The number of thioether (sulfide) groups is 1. The second-order valence-electron chi connectivity index (χ2n) is 5.59. The number of carbonyl (C=O) groups is 1. The smallest absolute Gasteiger partial charge is 0.230 e. The Kier molecular flexibility index (Phi) is 5.90. The molecule has 2 aromatic heterocycles. The van der Waals surface area contributed by atoms with Crippen LogP contribution in [0.4, 0.5) is 0 Å². The summed E-state index contributed by atoms with van der Waals surface area (Å²) in [5.41, 5.74) is 0.886. The van der Waals surface area contributed by atoms with E-state index < -0.39 is 0 Å². The van der Waals surface area contributed by atoms with Gasteiger partial charge < -0.3 is 14.3 Å². The number of rotatable bonds is 6. The monoisotopic (exact) mass is 410 g/mol. The van der Waals surface area contributed by atoms with Gasteiger partial charge in [0.05, 0.1) is 28.1 Å². The van der Waals surface area contributed by atoms with Gasteiger partial charge in [0.2, 0.25) is 5.91 Å². The molecular formula is C17H16Cl2N4O2S. The Bertz CT molecular complexity index is 912. The van der Waals surface area contributed by atoms with Crippen LogP contribution in [0.25, 0.3) is 11.6 Å². The molecule has 3 aromatic rings. The minimum Gasteiger partial charge on any atom is -0.461 e. The standard InChI is InChI=1S/C17H16Cl2N4O2S/c1-10(11-5-6-12(18)13(19)8-11)20-15(24)9-26-17-22-21-16(23(17)2)14-4-3-7-25-14/h3-8,10H,9H2,1-2H3,(H,20,24)/t10-/m0/s1. The summed E-state index contributed by atoms with van der Waals surface area (Å²) in [6.07, 6.45) is 1.58. The van der Waals surface area contributed by atoms with Crippen molar-refractivity contribution < 1.29 is 9.21 Å². The Labute approximate surface area is 164 Å². The first-order valence-corrected chi connectivity index (χ1v) is 9.50. The predicted molar refractivity (Wildman–Crippen MR) is 102 cm³/mol. The fourth-order valence-corrected chi connectivity index (χ4v) is 3.37. The molecule has 0 saturated carbocycles. The summed E-state index contributed by atoms with van der Waals surface area (Å²) >= 11 is 13.2. The van der Waals surface area contributed by atoms with Crippen LogP contribution in [-0.4, -0.2) is 26.4 Å². The molecule has 1 amide bonds. The van der Waals surface area contributed by atoms with Gasteiger partial charge in [0.1, 0.15) is 0 Å². The zero-order valence-electron chi connectivity index (χ0n) is 14.1. The molecule has 0 aliphatic carbocycles. The molecule has 0 aliphatic heterocycles. The van der Waals surface area contributed by atoms with Gasteiger partial charge in [-0.2, -0.15) is 0 Å². The maximum Gasteiger partial charge on any atom is 0.230 e. The normalized spacial score (nSPS) is 12.2. The van der Waals surface area contributed by atoms with Gasteiger partial charge in [0.15, 0.2) is 16.7 Å². The van der Waals surface area contributed by atoms with Gasteiger partial charge in [-0.3, -0.25) is 4.79 Å². The van der Waals surface area contributed by atoms with Crippen LogP contribution in [0.3, 0.4) is 0 Å². The van der Waals surface area contributed by atoms with E-state index >= 15 is 0 Å². The molecule has 2 heterocycles. The van der Waals surface area contributed by atoms with Crippen LogP contribution in [0.1, 0.15) is 18.5 Å². The van der Waals surface area contributed by atoms with Gasteiger partial charge in [-0.1, -0.05) is 41.0 Å². The number of amides is 1. The maximum absolute atomic E-state index is 12.2. The summed E-state index contributed by atoms with van der Waals surface area (Å²) in [5.74, 6) is 1.35. The number of aromatic nitrogens is 3. The third kappa shape index (κ3) is 4.23. The molecule has 1 atom stereocenters. The number of halogens is 2. The number of nitrogens with zero attached hydrogens (tertiary/aromatic N) is 3. The van der Waals surface area contributed by atoms with E-state index in [2.05, 4.69) is 15.5 Å². The van der Waals surface area contributed by atoms with Crippen molar-refractivity contribution in [1.82, 2.24) is 20.1 Å². The number of hydrogen-bond donors (Lipinski definition) is 1. The first-order chi connectivity index (χ1) is 12.5. The average molecular weight is 411 g/mol. The Morgan fingerprint density at radius 1 is 1.31 bits per heavy atom. The lowest BCUT2D eigenvalue weighted by Crippen LogP contribution is -2.28. The lowest BCUT2D eigenvalue weighted by molar-refractivity contribution is -0.119. The SMILES string of the molecule is C[C@H](NC(=O)CSc1nnc(-c2ccco2)n1C)c1ccc(Cl)c(Cl)c1. The Balaban J connectivity index is 1.58. The third-order valence-electron chi connectivity index (χ3n) is 3.73. The molecule has 0 aliphatic rings. The lowest BCUT2D eigenvalue weighted by Gasteiger charge is -2.14. The highest BCUT2D eigenvalue weighted by Gasteiger charge is 2.16. The highest BCUT2D eigenvalue weighted by Crippen LogP contribution is 2.26. The van der Waals surface area contributed by atoms with E-state index in [0.717, 1.165) is 5.56 Å². The van der Waals surface area contributed by atoms with Crippen molar-refractivity contribution in [1.29, 1.82) is 0 Å². The van der Waals surface area contributed by atoms with Crippen molar-refractivity contribution in [2.75, 3.05) is 5.75 Å². The topological polar surface area (TPSA) is 73.0 Å². The quantitative estimate of drug-likeness (QED) is 0.611. The zero-order chi connectivity index (χ0) is 18.7. The second kappa shape index (κ2) is 8.16. The predicted octanol–water partition coefficient (Wildman–Crippen LogP) is 4.35. The highest BCUT2D eigenvalue weighted by molar-refractivity contribution is 7.99. The second-order valence-corrected chi connectivity index (χ2v) is 7.35.